The lowest BCUT2D eigenvalue weighted by atomic mass is 9.76. The molecule has 1 heterocycles. The van der Waals surface area contributed by atoms with Crippen molar-refractivity contribution in [1.29, 1.82) is 0 Å². The van der Waals surface area contributed by atoms with E-state index in [1.807, 2.05) is 32.0 Å². The maximum absolute atomic E-state index is 13.9. The first kappa shape index (κ1) is 30.4. The van der Waals surface area contributed by atoms with Crippen LogP contribution < -0.4 is 9.47 Å². The maximum atomic E-state index is 13.9. The minimum Gasteiger partial charge on any atom is -0.479 e. The Hall–Kier alpha value is -3.57. The van der Waals surface area contributed by atoms with Gasteiger partial charge in [-0.1, -0.05) is 45.0 Å². The number of carboxylic acid groups (broad SMARTS) is 1. The third-order valence-corrected chi connectivity index (χ3v) is 9.22. The Morgan fingerprint density at radius 1 is 1.07 bits per heavy atom. The number of sulfonamides is 1. The second kappa shape index (κ2) is 11.0. The average molecular weight is 592 g/mol. The van der Waals surface area contributed by atoms with E-state index in [1.54, 1.807) is 20.8 Å². The molecule has 4 rings (SSSR count). The molecule has 0 saturated carbocycles. The molecule has 1 N–H and O–H groups in total. The van der Waals surface area contributed by atoms with E-state index in [0.717, 1.165) is 16.7 Å². The lowest BCUT2D eigenvalue weighted by molar-refractivity contribution is -0.274. The van der Waals surface area contributed by atoms with Crippen LogP contribution in [0.25, 0.3) is 11.1 Å². The molecular formula is C30H32F3NO6S. The highest BCUT2D eigenvalue weighted by Crippen LogP contribution is 2.44. The van der Waals surface area contributed by atoms with Gasteiger partial charge in [0.1, 0.15) is 11.5 Å². The van der Waals surface area contributed by atoms with Crippen molar-refractivity contribution in [2.75, 3.05) is 6.54 Å². The molecule has 0 bridgehead atoms. The number of fused-ring (bicyclic) bond motifs is 1. The first-order valence-electron chi connectivity index (χ1n) is 13.1. The molecule has 0 fully saturated rings. The molecule has 3 aromatic carbocycles. The number of benzene rings is 3. The largest absolute Gasteiger partial charge is 0.573 e. The van der Waals surface area contributed by atoms with Gasteiger partial charge in [-0.15, -0.1) is 13.2 Å². The third kappa shape index (κ3) is 6.36. The third-order valence-electron chi connectivity index (χ3n) is 7.30. The van der Waals surface area contributed by atoms with Crippen LogP contribution in [0.4, 0.5) is 13.2 Å². The number of ether oxygens (including phenoxy) is 2. The van der Waals surface area contributed by atoms with Crippen LogP contribution in [-0.2, 0) is 20.2 Å². The zero-order chi connectivity index (χ0) is 30.3. The molecule has 0 amide bonds. The minimum absolute atomic E-state index is 0.0632. The number of nitrogens with zero attached hydrogens (tertiary/aromatic N) is 1. The fourth-order valence-corrected chi connectivity index (χ4v) is 6.98. The van der Waals surface area contributed by atoms with E-state index in [-0.39, 0.29) is 23.6 Å². The van der Waals surface area contributed by atoms with Gasteiger partial charge in [-0.25, -0.2) is 13.2 Å². The molecule has 0 spiro atoms. The van der Waals surface area contributed by atoms with Gasteiger partial charge >= 0.3 is 12.3 Å². The van der Waals surface area contributed by atoms with E-state index in [4.69, 9.17) is 4.74 Å². The highest BCUT2D eigenvalue weighted by molar-refractivity contribution is 7.89. The van der Waals surface area contributed by atoms with Crippen molar-refractivity contribution in [3.8, 4) is 22.6 Å². The maximum Gasteiger partial charge on any atom is 0.573 e. The summed E-state index contributed by atoms with van der Waals surface area (Å²) in [5, 5.41) is 9.31. The molecule has 0 aliphatic carbocycles. The monoisotopic (exact) mass is 591 g/mol. The molecule has 41 heavy (non-hydrogen) atoms. The summed E-state index contributed by atoms with van der Waals surface area (Å²) in [4.78, 5) is 11.4. The highest BCUT2D eigenvalue weighted by Gasteiger charge is 2.42. The van der Waals surface area contributed by atoms with Crippen molar-refractivity contribution in [1.82, 2.24) is 4.31 Å². The zero-order valence-corrected chi connectivity index (χ0v) is 24.1. The molecule has 220 valence electrons. The van der Waals surface area contributed by atoms with Crippen LogP contribution in [0.2, 0.25) is 0 Å². The number of hydrogen-bond donors (Lipinski definition) is 1. The van der Waals surface area contributed by atoms with Gasteiger partial charge in [-0.3, -0.25) is 0 Å². The van der Waals surface area contributed by atoms with Gasteiger partial charge in [0.05, 0.1) is 4.90 Å². The topological polar surface area (TPSA) is 93.1 Å². The van der Waals surface area contributed by atoms with Crippen LogP contribution >= 0.6 is 0 Å². The van der Waals surface area contributed by atoms with E-state index in [9.17, 15) is 31.5 Å². The molecular weight excluding hydrogens is 559 g/mol. The van der Waals surface area contributed by atoms with Crippen LogP contribution in [0, 0.1) is 6.92 Å². The van der Waals surface area contributed by atoms with Gasteiger partial charge in [-0.05, 0) is 84.5 Å². The molecule has 2 unspecified atom stereocenters. The number of carboxylic acids is 1. The van der Waals surface area contributed by atoms with E-state index in [0.29, 0.717) is 16.9 Å². The number of carbonyl (C=O) groups is 1. The molecule has 0 aromatic heterocycles. The number of aliphatic carboxylic acids is 1. The molecule has 1 aliphatic rings. The van der Waals surface area contributed by atoms with E-state index < -0.39 is 39.9 Å². The standard InChI is InChI=1S/C30H32F3NO6S/c1-6-26(28(35)36)39-27-14-12-23(15-18(27)2)41(37,38)34-17-29(4,5)25-13-9-21(16-24(25)19(34)3)20-7-10-22(11-8-20)40-30(31,32)33/h7-16,19,26H,6,17H2,1-5H3,(H,35,36). The van der Waals surface area contributed by atoms with E-state index in [1.165, 1.54) is 46.8 Å². The normalized spacial score (nSPS) is 17.9. The van der Waals surface area contributed by atoms with Crippen LogP contribution in [0.3, 0.4) is 0 Å². The highest BCUT2D eigenvalue weighted by atomic mass is 32.2. The number of alkyl halides is 3. The van der Waals surface area contributed by atoms with Crippen LogP contribution in [0.5, 0.6) is 11.5 Å². The molecule has 7 nitrogen and oxygen atoms in total. The second-order valence-corrected chi connectivity index (χ2v) is 12.7. The minimum atomic E-state index is -4.79. The predicted octanol–water partition coefficient (Wildman–Crippen LogP) is 6.85. The summed E-state index contributed by atoms with van der Waals surface area (Å²) in [5.74, 6) is -1.13. The first-order valence-corrected chi connectivity index (χ1v) is 14.5. The summed E-state index contributed by atoms with van der Waals surface area (Å²) < 4.78 is 76.5. The SMILES string of the molecule is CCC(Oc1ccc(S(=O)(=O)N2CC(C)(C)c3ccc(-c4ccc(OC(F)(F)F)cc4)cc3C2C)cc1C)C(=O)O. The fourth-order valence-electron chi connectivity index (χ4n) is 5.12. The van der Waals surface area contributed by atoms with E-state index >= 15 is 0 Å². The van der Waals surface area contributed by atoms with Crippen LogP contribution in [0.15, 0.2) is 65.6 Å². The van der Waals surface area contributed by atoms with Gasteiger partial charge in [0.15, 0.2) is 6.10 Å². The lowest BCUT2D eigenvalue weighted by Crippen LogP contribution is -2.47. The summed E-state index contributed by atoms with van der Waals surface area (Å²) in [6, 6.07) is 15.1. The van der Waals surface area contributed by atoms with Crippen molar-refractivity contribution in [3.05, 3.63) is 77.4 Å². The Labute approximate surface area is 237 Å². The van der Waals surface area contributed by atoms with Gasteiger partial charge in [-0.2, -0.15) is 4.31 Å². The Morgan fingerprint density at radius 3 is 2.27 bits per heavy atom. The van der Waals surface area contributed by atoms with Crippen molar-refractivity contribution in [2.45, 2.75) is 69.9 Å². The lowest BCUT2D eigenvalue weighted by Gasteiger charge is -2.43. The van der Waals surface area contributed by atoms with Crippen LogP contribution in [-0.4, -0.2) is 42.8 Å². The predicted molar refractivity (Wildman–Crippen MR) is 147 cm³/mol. The Balaban J connectivity index is 1.67. The molecule has 2 atom stereocenters. The number of halogens is 3. The van der Waals surface area contributed by atoms with E-state index in [2.05, 4.69) is 4.74 Å². The zero-order valence-electron chi connectivity index (χ0n) is 23.3. The van der Waals surface area contributed by atoms with Gasteiger partial charge < -0.3 is 14.6 Å². The van der Waals surface area contributed by atoms with Crippen molar-refractivity contribution in [3.63, 3.8) is 0 Å². The van der Waals surface area contributed by atoms with Crippen molar-refractivity contribution < 1.29 is 41.0 Å². The Kier molecular flexibility index (Phi) is 8.17. The fraction of sp³-hybridized carbons (Fsp3) is 0.367. The quantitative estimate of drug-likeness (QED) is 0.308. The smallest absolute Gasteiger partial charge is 0.479 e. The number of aryl methyl sites for hydroxylation is 1. The summed E-state index contributed by atoms with van der Waals surface area (Å²) in [6.07, 6.45) is -5.58. The summed E-state index contributed by atoms with van der Waals surface area (Å²) in [7, 11) is -3.98. The molecule has 1 aliphatic heterocycles. The Morgan fingerprint density at radius 2 is 1.71 bits per heavy atom. The molecule has 11 heteroatoms. The van der Waals surface area contributed by atoms with Crippen molar-refractivity contribution in [2.24, 2.45) is 0 Å². The molecule has 0 saturated heterocycles. The summed E-state index contributed by atoms with van der Waals surface area (Å²) in [5.41, 5.74) is 3.12. The van der Waals surface area contributed by atoms with Gasteiger partial charge in [0.25, 0.3) is 0 Å². The van der Waals surface area contributed by atoms with Crippen molar-refractivity contribution >= 4 is 16.0 Å². The average Bonchev–Trinajstić information content (AvgIpc) is 2.89. The summed E-state index contributed by atoms with van der Waals surface area (Å²) in [6.45, 7) is 9.30. The summed E-state index contributed by atoms with van der Waals surface area (Å²) >= 11 is 0. The Bertz CT molecular complexity index is 1550. The van der Waals surface area contributed by atoms with Gasteiger partial charge in [0.2, 0.25) is 10.0 Å². The first-order chi connectivity index (χ1) is 19.0. The number of hydrogen-bond acceptors (Lipinski definition) is 5. The number of rotatable bonds is 8. The molecule has 3 aromatic rings. The second-order valence-electron chi connectivity index (χ2n) is 10.8. The van der Waals surface area contributed by atoms with Gasteiger partial charge in [0, 0.05) is 18.0 Å². The molecule has 0 radical (unpaired) electrons. The van der Waals surface area contributed by atoms with Crippen LogP contribution in [0.1, 0.15) is 56.8 Å².